The summed E-state index contributed by atoms with van der Waals surface area (Å²) >= 11 is 0. The van der Waals surface area contributed by atoms with Crippen LogP contribution in [0.5, 0.6) is 0 Å². The minimum Gasteiger partial charge on any atom is -0.326 e. The first kappa shape index (κ1) is 17.6. The molecule has 4 bridgehead atoms. The lowest BCUT2D eigenvalue weighted by molar-refractivity contribution is -0.140. The summed E-state index contributed by atoms with van der Waals surface area (Å²) in [6, 6.07) is 7.49. The van der Waals surface area contributed by atoms with Crippen LogP contribution in [0, 0.1) is 28.6 Å². The summed E-state index contributed by atoms with van der Waals surface area (Å²) < 4.78 is 0. The monoisotopic (exact) mass is 354 g/mol. The van der Waals surface area contributed by atoms with E-state index in [9.17, 15) is 9.59 Å². The van der Waals surface area contributed by atoms with E-state index in [1.165, 1.54) is 19.3 Å². The predicted molar refractivity (Wildman–Crippen MR) is 104 cm³/mol. The molecule has 2 N–H and O–H groups in total. The fourth-order valence-electron chi connectivity index (χ4n) is 5.61. The lowest BCUT2D eigenvalue weighted by Crippen LogP contribution is -2.51. The molecule has 2 amide bonds. The van der Waals surface area contributed by atoms with Crippen LogP contribution in [0.4, 0.5) is 11.4 Å². The molecule has 1 aromatic rings. The van der Waals surface area contributed by atoms with Gasteiger partial charge in [0, 0.05) is 16.8 Å². The Hall–Kier alpha value is -1.84. The van der Waals surface area contributed by atoms with Crippen molar-refractivity contribution in [1.82, 2.24) is 0 Å². The Bertz CT molecular complexity index is 679. The highest BCUT2D eigenvalue weighted by molar-refractivity contribution is 5.97. The summed E-state index contributed by atoms with van der Waals surface area (Å²) in [7, 11) is 0. The van der Waals surface area contributed by atoms with Gasteiger partial charge in [0.05, 0.1) is 5.41 Å². The number of hydrogen-bond donors (Lipinski definition) is 2. The number of carbonyl (C=O) groups excluding carboxylic acids is 2. The van der Waals surface area contributed by atoms with E-state index in [2.05, 4.69) is 10.6 Å². The average Bonchev–Trinajstić information content (AvgIpc) is 2.54. The van der Waals surface area contributed by atoms with E-state index in [0.29, 0.717) is 0 Å². The molecule has 0 unspecified atom stereocenters. The maximum Gasteiger partial charge on any atom is 0.230 e. The van der Waals surface area contributed by atoms with E-state index in [1.807, 2.05) is 45.0 Å². The van der Waals surface area contributed by atoms with Gasteiger partial charge in [-0.3, -0.25) is 9.59 Å². The van der Waals surface area contributed by atoms with E-state index in [0.717, 1.165) is 48.4 Å². The largest absolute Gasteiger partial charge is 0.326 e. The van der Waals surface area contributed by atoms with Crippen molar-refractivity contribution in [2.75, 3.05) is 10.6 Å². The highest BCUT2D eigenvalue weighted by Gasteiger charge is 2.54. The van der Waals surface area contributed by atoms with Gasteiger partial charge in [-0.2, -0.15) is 0 Å². The van der Waals surface area contributed by atoms with E-state index in [1.54, 1.807) is 0 Å². The summed E-state index contributed by atoms with van der Waals surface area (Å²) in [4.78, 5) is 25.2. The normalized spacial score (nSPS) is 32.3. The molecule has 1 aromatic carbocycles. The zero-order valence-electron chi connectivity index (χ0n) is 16.1. The van der Waals surface area contributed by atoms with Crippen molar-refractivity contribution < 1.29 is 9.59 Å². The van der Waals surface area contributed by atoms with Gasteiger partial charge in [0.15, 0.2) is 0 Å². The minimum atomic E-state index is -0.425. The van der Waals surface area contributed by atoms with E-state index >= 15 is 0 Å². The fraction of sp³-hybridized carbons (Fsp3) is 0.636. The summed E-state index contributed by atoms with van der Waals surface area (Å²) in [5, 5.41) is 6.08. The lowest BCUT2D eigenvalue weighted by atomic mass is 9.49. The third-order valence-corrected chi connectivity index (χ3v) is 6.60. The number of carbonyl (C=O) groups is 2. The molecule has 140 valence electrons. The standard InChI is InChI=1S/C22H30N2O2/c1-21(2,3)19(25)23-17-4-6-18(7-5-17)24-20(26)22-11-14-8-15(12-22)10-16(9-14)13-22/h4-7,14-16H,8-13H2,1-3H3,(H,23,25)(H,24,26). The summed E-state index contributed by atoms with van der Waals surface area (Å²) in [5.74, 6) is 2.50. The average molecular weight is 354 g/mol. The summed E-state index contributed by atoms with van der Waals surface area (Å²) in [6.07, 6.45) is 7.25. The lowest BCUT2D eigenvalue weighted by Gasteiger charge is -2.55. The second-order valence-electron chi connectivity index (χ2n) is 9.93. The molecule has 4 fully saturated rings. The van der Waals surface area contributed by atoms with Crippen LogP contribution >= 0.6 is 0 Å². The van der Waals surface area contributed by atoms with Crippen molar-refractivity contribution in [3.63, 3.8) is 0 Å². The van der Waals surface area contributed by atoms with Crippen LogP contribution < -0.4 is 10.6 Å². The number of hydrogen-bond acceptors (Lipinski definition) is 2. The SMILES string of the molecule is CC(C)(C)C(=O)Nc1ccc(NC(=O)C23CC4CC(CC(C4)C2)C3)cc1. The number of amides is 2. The first-order valence-corrected chi connectivity index (χ1v) is 9.96. The minimum absolute atomic E-state index is 0.0112. The molecular formula is C22H30N2O2. The molecule has 5 rings (SSSR count). The molecule has 0 saturated heterocycles. The molecule has 4 aliphatic rings. The van der Waals surface area contributed by atoms with Crippen LogP contribution in [0.2, 0.25) is 0 Å². The van der Waals surface area contributed by atoms with Crippen LogP contribution in [0.3, 0.4) is 0 Å². The molecule has 26 heavy (non-hydrogen) atoms. The molecule has 0 heterocycles. The summed E-state index contributed by atoms with van der Waals surface area (Å²) in [6.45, 7) is 5.67. The summed E-state index contributed by atoms with van der Waals surface area (Å²) in [5.41, 5.74) is 1.02. The Morgan fingerprint density at radius 1 is 0.846 bits per heavy atom. The van der Waals surface area contributed by atoms with E-state index in [4.69, 9.17) is 0 Å². The van der Waals surface area contributed by atoms with Gasteiger partial charge >= 0.3 is 0 Å². The number of rotatable bonds is 3. The van der Waals surface area contributed by atoms with Crippen molar-refractivity contribution in [2.24, 2.45) is 28.6 Å². The van der Waals surface area contributed by atoms with Gasteiger partial charge < -0.3 is 10.6 Å². The van der Waals surface area contributed by atoms with Crippen molar-refractivity contribution in [2.45, 2.75) is 59.3 Å². The Morgan fingerprint density at radius 2 is 1.27 bits per heavy atom. The molecule has 0 radical (unpaired) electrons. The van der Waals surface area contributed by atoms with Crippen LogP contribution in [-0.2, 0) is 9.59 Å². The van der Waals surface area contributed by atoms with Gasteiger partial charge in [-0.1, -0.05) is 20.8 Å². The van der Waals surface area contributed by atoms with Crippen molar-refractivity contribution in [3.8, 4) is 0 Å². The van der Waals surface area contributed by atoms with Crippen molar-refractivity contribution >= 4 is 23.2 Å². The van der Waals surface area contributed by atoms with Crippen molar-refractivity contribution in [3.05, 3.63) is 24.3 Å². The molecular weight excluding hydrogens is 324 g/mol. The molecule has 0 spiro atoms. The van der Waals surface area contributed by atoms with Gasteiger partial charge in [-0.05, 0) is 80.5 Å². The van der Waals surface area contributed by atoms with Gasteiger partial charge in [-0.15, -0.1) is 0 Å². The van der Waals surface area contributed by atoms with Gasteiger partial charge in [-0.25, -0.2) is 0 Å². The number of benzene rings is 1. The fourth-order valence-corrected chi connectivity index (χ4v) is 5.61. The quantitative estimate of drug-likeness (QED) is 0.817. The van der Waals surface area contributed by atoms with Crippen LogP contribution in [0.1, 0.15) is 59.3 Å². The highest BCUT2D eigenvalue weighted by atomic mass is 16.2. The van der Waals surface area contributed by atoms with Crippen LogP contribution in [-0.4, -0.2) is 11.8 Å². The first-order valence-electron chi connectivity index (χ1n) is 9.96. The smallest absolute Gasteiger partial charge is 0.230 e. The van der Waals surface area contributed by atoms with Crippen molar-refractivity contribution in [1.29, 1.82) is 0 Å². The van der Waals surface area contributed by atoms with Gasteiger partial charge in [0.1, 0.15) is 0 Å². The second-order valence-corrected chi connectivity index (χ2v) is 9.93. The van der Waals surface area contributed by atoms with E-state index < -0.39 is 5.41 Å². The maximum absolute atomic E-state index is 13.1. The van der Waals surface area contributed by atoms with Gasteiger partial charge in [0.2, 0.25) is 11.8 Å². The Kier molecular flexibility index (Phi) is 4.13. The molecule has 4 aliphatic carbocycles. The predicted octanol–water partition coefficient (Wildman–Crippen LogP) is 4.83. The number of nitrogens with one attached hydrogen (secondary N) is 2. The second kappa shape index (κ2) is 6.11. The number of anilines is 2. The third-order valence-electron chi connectivity index (χ3n) is 6.60. The van der Waals surface area contributed by atoms with E-state index in [-0.39, 0.29) is 17.2 Å². The molecule has 0 atom stereocenters. The van der Waals surface area contributed by atoms with Gasteiger partial charge in [0.25, 0.3) is 0 Å². The van der Waals surface area contributed by atoms with Crippen LogP contribution in [0.25, 0.3) is 0 Å². The Labute approximate surface area is 156 Å². The first-order chi connectivity index (χ1) is 12.2. The third kappa shape index (κ3) is 3.26. The Balaban J connectivity index is 1.41. The molecule has 0 aromatic heterocycles. The highest BCUT2D eigenvalue weighted by Crippen LogP contribution is 2.60. The molecule has 0 aliphatic heterocycles. The zero-order valence-corrected chi connectivity index (χ0v) is 16.1. The topological polar surface area (TPSA) is 58.2 Å². The molecule has 4 nitrogen and oxygen atoms in total. The molecule has 4 saturated carbocycles. The zero-order chi connectivity index (χ0) is 18.5. The molecule has 4 heteroatoms. The maximum atomic E-state index is 13.1. The van der Waals surface area contributed by atoms with Crippen LogP contribution in [0.15, 0.2) is 24.3 Å². The Morgan fingerprint density at radius 3 is 1.69 bits per heavy atom.